The van der Waals surface area contributed by atoms with Gasteiger partial charge >= 0.3 is 0 Å². The zero-order valence-electron chi connectivity index (χ0n) is 16.1. The molecule has 2 aromatic carbocycles. The molecule has 0 radical (unpaired) electrons. The molecule has 9 heteroatoms. The number of fused-ring (bicyclic) bond motifs is 1. The quantitative estimate of drug-likeness (QED) is 0.561. The monoisotopic (exact) mass is 413 g/mol. The number of ether oxygens (including phenoxy) is 3. The van der Waals surface area contributed by atoms with Crippen LogP contribution in [0.25, 0.3) is 11.1 Å². The lowest BCUT2D eigenvalue weighted by Gasteiger charge is -2.17. The van der Waals surface area contributed by atoms with Crippen LogP contribution in [0.3, 0.4) is 0 Å². The molecular weight excluding hydrogens is 394 g/mol. The van der Waals surface area contributed by atoms with Crippen molar-refractivity contribution < 1.29 is 23.4 Å². The highest BCUT2D eigenvalue weighted by atomic mass is 32.2. The van der Waals surface area contributed by atoms with Crippen LogP contribution in [0.1, 0.15) is 11.6 Å². The van der Waals surface area contributed by atoms with Crippen molar-refractivity contribution in [1.29, 1.82) is 5.26 Å². The van der Waals surface area contributed by atoms with Crippen LogP contribution in [0.5, 0.6) is 17.2 Å². The largest absolute Gasteiger partial charge is 0.493 e. The van der Waals surface area contributed by atoms with E-state index < -0.39 is 6.04 Å². The van der Waals surface area contributed by atoms with Crippen molar-refractivity contribution in [2.24, 2.45) is 0 Å². The van der Waals surface area contributed by atoms with E-state index in [2.05, 4.69) is 16.4 Å². The molecule has 1 atom stereocenters. The highest BCUT2D eigenvalue weighted by Gasteiger charge is 2.20. The van der Waals surface area contributed by atoms with Gasteiger partial charge in [0.2, 0.25) is 11.7 Å². The number of para-hydroxylation sites is 2. The number of hydrogen-bond donors (Lipinski definition) is 1. The molecule has 0 saturated carbocycles. The standard InChI is InChI=1S/C20H19N3O5S/c1-25-16-8-12(9-17(26-2)19(16)27-3)14(10-21)22-18(24)11-29-20-23-13-6-4-5-7-15(13)28-20/h4-9,14H,11H2,1-3H3,(H,22,24). The number of carbonyl (C=O) groups excluding carboxylic acids is 1. The van der Waals surface area contributed by atoms with E-state index in [4.69, 9.17) is 18.6 Å². The fourth-order valence-corrected chi connectivity index (χ4v) is 3.35. The smallest absolute Gasteiger partial charge is 0.257 e. The maximum atomic E-state index is 12.4. The Hall–Kier alpha value is -3.38. The van der Waals surface area contributed by atoms with Gasteiger partial charge in [-0.2, -0.15) is 5.26 Å². The molecule has 8 nitrogen and oxygen atoms in total. The fourth-order valence-electron chi connectivity index (χ4n) is 2.70. The lowest BCUT2D eigenvalue weighted by atomic mass is 10.1. The third-order valence-corrected chi connectivity index (χ3v) is 4.88. The minimum absolute atomic E-state index is 0.0510. The fraction of sp³-hybridized carbons (Fsp3) is 0.250. The van der Waals surface area contributed by atoms with Gasteiger partial charge in [-0.25, -0.2) is 4.98 Å². The van der Waals surface area contributed by atoms with E-state index in [0.29, 0.717) is 33.6 Å². The Balaban J connectivity index is 1.70. The molecule has 0 aliphatic rings. The Morgan fingerprint density at radius 2 is 1.90 bits per heavy atom. The van der Waals surface area contributed by atoms with Gasteiger partial charge in [0.25, 0.3) is 5.22 Å². The Kier molecular flexibility index (Phi) is 6.46. The number of rotatable bonds is 8. The summed E-state index contributed by atoms with van der Waals surface area (Å²) in [5.74, 6) is 0.926. The predicted octanol–water partition coefficient (Wildman–Crippen LogP) is 3.33. The summed E-state index contributed by atoms with van der Waals surface area (Å²) in [6, 6.07) is 11.8. The van der Waals surface area contributed by atoms with Gasteiger partial charge < -0.3 is 23.9 Å². The topological polar surface area (TPSA) is 107 Å². The molecule has 0 fully saturated rings. The molecule has 0 saturated heterocycles. The van der Waals surface area contributed by atoms with Gasteiger partial charge in [0.1, 0.15) is 11.6 Å². The molecule has 0 spiro atoms. The number of thioether (sulfide) groups is 1. The second kappa shape index (κ2) is 9.21. The summed E-state index contributed by atoms with van der Waals surface area (Å²) in [7, 11) is 4.46. The summed E-state index contributed by atoms with van der Waals surface area (Å²) in [5.41, 5.74) is 1.90. The molecule has 1 amide bonds. The maximum Gasteiger partial charge on any atom is 0.257 e. The van der Waals surface area contributed by atoms with Crippen LogP contribution in [0, 0.1) is 11.3 Å². The summed E-state index contributed by atoms with van der Waals surface area (Å²) in [6.07, 6.45) is 0. The lowest BCUT2D eigenvalue weighted by molar-refractivity contribution is -0.119. The number of carbonyl (C=O) groups is 1. The van der Waals surface area contributed by atoms with Crippen molar-refractivity contribution in [2.45, 2.75) is 11.3 Å². The number of nitrogens with one attached hydrogen (secondary N) is 1. The maximum absolute atomic E-state index is 12.4. The third-order valence-electron chi connectivity index (χ3n) is 4.06. The third kappa shape index (κ3) is 4.55. The summed E-state index contributed by atoms with van der Waals surface area (Å²) >= 11 is 1.15. The first-order chi connectivity index (χ1) is 14.1. The summed E-state index contributed by atoms with van der Waals surface area (Å²) in [5, 5.41) is 12.6. The van der Waals surface area contributed by atoms with E-state index in [1.807, 2.05) is 24.3 Å². The van der Waals surface area contributed by atoms with Gasteiger partial charge in [-0.3, -0.25) is 4.79 Å². The second-order valence-corrected chi connectivity index (χ2v) is 6.75. The Labute approximate surface area is 171 Å². The summed E-state index contributed by atoms with van der Waals surface area (Å²) in [4.78, 5) is 16.7. The predicted molar refractivity (Wildman–Crippen MR) is 107 cm³/mol. The molecule has 150 valence electrons. The minimum Gasteiger partial charge on any atom is -0.493 e. The number of amides is 1. The molecular formula is C20H19N3O5S. The zero-order chi connectivity index (χ0) is 20.8. The van der Waals surface area contributed by atoms with Crippen LogP contribution in [0.15, 0.2) is 46.0 Å². The van der Waals surface area contributed by atoms with Gasteiger partial charge in [0, 0.05) is 0 Å². The molecule has 3 aromatic rings. The van der Waals surface area contributed by atoms with Crippen molar-refractivity contribution in [1.82, 2.24) is 10.3 Å². The average molecular weight is 413 g/mol. The normalized spacial score (nSPS) is 11.5. The molecule has 1 unspecified atom stereocenters. The van der Waals surface area contributed by atoms with Crippen LogP contribution in [0.2, 0.25) is 0 Å². The first-order valence-electron chi connectivity index (χ1n) is 8.56. The molecule has 29 heavy (non-hydrogen) atoms. The van der Waals surface area contributed by atoms with E-state index in [9.17, 15) is 10.1 Å². The van der Waals surface area contributed by atoms with Crippen molar-refractivity contribution in [3.05, 3.63) is 42.0 Å². The van der Waals surface area contributed by atoms with Crippen LogP contribution in [-0.4, -0.2) is 38.0 Å². The molecule has 0 aliphatic heterocycles. The Morgan fingerprint density at radius 3 is 2.48 bits per heavy atom. The van der Waals surface area contributed by atoms with E-state index in [1.165, 1.54) is 21.3 Å². The average Bonchev–Trinajstić information content (AvgIpc) is 3.18. The minimum atomic E-state index is -0.888. The zero-order valence-corrected chi connectivity index (χ0v) is 16.9. The van der Waals surface area contributed by atoms with Gasteiger partial charge in [-0.05, 0) is 29.8 Å². The van der Waals surface area contributed by atoms with Gasteiger partial charge in [0.05, 0.1) is 33.2 Å². The van der Waals surface area contributed by atoms with Crippen LogP contribution in [-0.2, 0) is 4.79 Å². The number of nitriles is 1. The van der Waals surface area contributed by atoms with E-state index in [0.717, 1.165) is 17.3 Å². The Morgan fingerprint density at radius 1 is 1.21 bits per heavy atom. The summed E-state index contributed by atoms with van der Waals surface area (Å²) in [6.45, 7) is 0. The number of methoxy groups -OCH3 is 3. The number of nitrogens with zero attached hydrogens (tertiary/aromatic N) is 2. The van der Waals surface area contributed by atoms with Crippen molar-refractivity contribution in [3.63, 3.8) is 0 Å². The van der Waals surface area contributed by atoms with Gasteiger partial charge in [0.15, 0.2) is 17.1 Å². The van der Waals surface area contributed by atoms with E-state index in [1.54, 1.807) is 12.1 Å². The first-order valence-corrected chi connectivity index (χ1v) is 9.55. The molecule has 3 rings (SSSR count). The Bertz CT molecular complexity index is 1000. The van der Waals surface area contributed by atoms with Crippen LogP contribution in [0.4, 0.5) is 0 Å². The van der Waals surface area contributed by atoms with Crippen molar-refractivity contribution >= 4 is 28.8 Å². The first kappa shape index (κ1) is 20.4. The van der Waals surface area contributed by atoms with Crippen LogP contribution < -0.4 is 19.5 Å². The van der Waals surface area contributed by atoms with Crippen molar-refractivity contribution in [3.8, 4) is 23.3 Å². The number of aromatic nitrogens is 1. The van der Waals surface area contributed by atoms with E-state index in [-0.39, 0.29) is 11.7 Å². The molecule has 0 aliphatic carbocycles. The second-order valence-electron chi connectivity index (χ2n) is 5.82. The SMILES string of the molecule is COc1cc(C(C#N)NC(=O)CSc2nc3ccccc3o2)cc(OC)c1OC. The van der Waals surface area contributed by atoms with Gasteiger partial charge in [-0.1, -0.05) is 23.9 Å². The van der Waals surface area contributed by atoms with Crippen molar-refractivity contribution in [2.75, 3.05) is 27.1 Å². The van der Waals surface area contributed by atoms with Crippen LogP contribution >= 0.6 is 11.8 Å². The molecule has 1 aromatic heterocycles. The molecule has 1 N–H and O–H groups in total. The number of oxazole rings is 1. The molecule has 1 heterocycles. The molecule has 0 bridgehead atoms. The number of hydrogen-bond acceptors (Lipinski definition) is 8. The highest BCUT2D eigenvalue weighted by Crippen LogP contribution is 2.39. The number of benzene rings is 2. The van der Waals surface area contributed by atoms with Gasteiger partial charge in [-0.15, -0.1) is 0 Å². The highest BCUT2D eigenvalue weighted by molar-refractivity contribution is 7.99. The van der Waals surface area contributed by atoms with E-state index >= 15 is 0 Å². The summed E-state index contributed by atoms with van der Waals surface area (Å²) < 4.78 is 21.5. The lowest BCUT2D eigenvalue weighted by Crippen LogP contribution is -2.29.